The van der Waals surface area contributed by atoms with Crippen LogP contribution >= 0.6 is 0 Å². The number of rotatable bonds is 10. The zero-order chi connectivity index (χ0) is 22.0. The molecule has 6 nitrogen and oxygen atoms in total. The third-order valence-electron chi connectivity index (χ3n) is 7.64. The molecule has 6 heteroatoms. The molecule has 0 N–H and O–H groups in total. The lowest BCUT2D eigenvalue weighted by Crippen LogP contribution is -2.40. The molecule has 0 aromatic heterocycles. The Morgan fingerprint density at radius 3 is 1.68 bits per heavy atom. The minimum atomic E-state index is -0.773. The summed E-state index contributed by atoms with van der Waals surface area (Å²) in [6.45, 7) is 5.45. The molecule has 0 heterocycles. The minimum Gasteiger partial charge on any atom is -0.465 e. The van der Waals surface area contributed by atoms with Crippen molar-refractivity contribution >= 4 is 17.9 Å². The van der Waals surface area contributed by atoms with Crippen molar-refractivity contribution < 1.29 is 28.6 Å². The van der Waals surface area contributed by atoms with E-state index in [0.717, 1.165) is 31.8 Å². The van der Waals surface area contributed by atoms with Crippen LogP contribution in [-0.4, -0.2) is 37.7 Å². The van der Waals surface area contributed by atoms with E-state index in [1.807, 2.05) is 6.92 Å². The Labute approximate surface area is 183 Å². The molecule has 0 aromatic rings. The Balaban J connectivity index is 1.37. The van der Waals surface area contributed by atoms with E-state index in [2.05, 4.69) is 30.9 Å². The van der Waals surface area contributed by atoms with Crippen LogP contribution in [0.5, 0.6) is 0 Å². The van der Waals surface area contributed by atoms with Crippen molar-refractivity contribution in [2.45, 2.75) is 39.0 Å². The molecule has 4 aliphatic carbocycles. The Bertz CT molecular complexity index is 746. The van der Waals surface area contributed by atoms with Gasteiger partial charge in [0.1, 0.15) is 19.8 Å². The summed E-state index contributed by atoms with van der Waals surface area (Å²) in [6, 6.07) is 0. The molecule has 0 amide bonds. The first-order valence-corrected chi connectivity index (χ1v) is 11.4. The summed E-state index contributed by atoms with van der Waals surface area (Å²) in [5.74, 6) is 0.280. The molecule has 0 saturated heterocycles. The van der Waals surface area contributed by atoms with E-state index in [1.54, 1.807) is 0 Å². The van der Waals surface area contributed by atoms with Crippen LogP contribution in [0.25, 0.3) is 0 Å². The van der Waals surface area contributed by atoms with Crippen molar-refractivity contribution in [2.75, 3.05) is 19.8 Å². The molecule has 168 valence electrons. The van der Waals surface area contributed by atoms with Crippen molar-refractivity contribution in [1.82, 2.24) is 0 Å². The fourth-order valence-corrected chi connectivity index (χ4v) is 5.48. The number of hydrogen-bond donors (Lipinski definition) is 0. The smallest absolute Gasteiger partial charge is 0.330 e. The fraction of sp³-hybridized carbons (Fsp3) is 0.640. The van der Waals surface area contributed by atoms with Crippen LogP contribution in [-0.2, 0) is 28.6 Å². The van der Waals surface area contributed by atoms with Crippen molar-refractivity contribution in [3.8, 4) is 0 Å². The van der Waals surface area contributed by atoms with E-state index in [4.69, 9.17) is 14.2 Å². The summed E-state index contributed by atoms with van der Waals surface area (Å²) in [7, 11) is 0. The highest BCUT2D eigenvalue weighted by Gasteiger charge is 2.44. The molecule has 0 aromatic carbocycles. The Morgan fingerprint density at radius 1 is 0.839 bits per heavy atom. The minimum absolute atomic E-state index is 0.00214. The van der Waals surface area contributed by atoms with Gasteiger partial charge in [-0.15, -0.1) is 0 Å². The number of fused-ring (bicyclic) bond motifs is 4. The lowest BCUT2D eigenvalue weighted by atomic mass is 9.87. The van der Waals surface area contributed by atoms with Crippen molar-refractivity contribution in [3.63, 3.8) is 0 Å². The molecular formula is C25H32O6. The van der Waals surface area contributed by atoms with Gasteiger partial charge >= 0.3 is 17.9 Å². The van der Waals surface area contributed by atoms with Crippen LogP contribution in [0.3, 0.4) is 0 Å². The Kier molecular flexibility index (Phi) is 6.35. The molecule has 6 atom stereocenters. The molecule has 2 fully saturated rings. The van der Waals surface area contributed by atoms with Crippen LogP contribution in [0.2, 0.25) is 0 Å². The number of hydrogen-bond acceptors (Lipinski definition) is 6. The van der Waals surface area contributed by atoms with E-state index in [0.29, 0.717) is 18.3 Å². The maximum atomic E-state index is 12.7. The van der Waals surface area contributed by atoms with Gasteiger partial charge in [0.15, 0.2) is 0 Å². The lowest BCUT2D eigenvalue weighted by Gasteiger charge is -2.32. The van der Waals surface area contributed by atoms with Crippen molar-refractivity contribution in [1.29, 1.82) is 0 Å². The first-order valence-electron chi connectivity index (χ1n) is 11.4. The van der Waals surface area contributed by atoms with E-state index < -0.39 is 11.4 Å². The standard InChI is InChI=1S/C25H32O6/c1-3-22(26)29-13-25(4-2,14-30-23(27)20-11-16-5-7-18(20)9-16)15-31-24(28)21-12-17-6-8-19(21)10-17/h3,5-8,16-21H,1,4,9-15H2,2H3. The van der Waals surface area contributed by atoms with Gasteiger partial charge in [0.05, 0.1) is 17.3 Å². The second kappa shape index (κ2) is 9.01. The Hall–Kier alpha value is -2.37. The zero-order valence-electron chi connectivity index (χ0n) is 18.2. The highest BCUT2D eigenvalue weighted by atomic mass is 16.6. The number of carbonyl (C=O) groups is 3. The molecule has 0 radical (unpaired) electrons. The van der Waals surface area contributed by atoms with Crippen LogP contribution < -0.4 is 0 Å². The second-order valence-corrected chi connectivity index (χ2v) is 9.65. The second-order valence-electron chi connectivity index (χ2n) is 9.65. The van der Waals surface area contributed by atoms with Gasteiger partial charge < -0.3 is 14.2 Å². The largest absolute Gasteiger partial charge is 0.465 e. The van der Waals surface area contributed by atoms with Crippen LogP contribution in [0.1, 0.15) is 39.0 Å². The maximum absolute atomic E-state index is 12.7. The highest BCUT2D eigenvalue weighted by Crippen LogP contribution is 2.45. The van der Waals surface area contributed by atoms with Gasteiger partial charge in [-0.05, 0) is 55.8 Å². The Morgan fingerprint density at radius 2 is 1.32 bits per heavy atom. The molecular weight excluding hydrogens is 396 g/mol. The van der Waals surface area contributed by atoms with Crippen LogP contribution in [0, 0.1) is 40.9 Å². The quantitative estimate of drug-likeness (QED) is 0.229. The average Bonchev–Trinajstić information content (AvgIpc) is 3.60. The third kappa shape index (κ3) is 4.63. The molecule has 4 bridgehead atoms. The van der Waals surface area contributed by atoms with E-state index in [9.17, 15) is 14.4 Å². The van der Waals surface area contributed by atoms with Gasteiger partial charge in [-0.3, -0.25) is 9.59 Å². The number of carbonyl (C=O) groups excluding carboxylic acids is 3. The maximum Gasteiger partial charge on any atom is 0.330 e. The molecule has 2 saturated carbocycles. The summed E-state index contributed by atoms with van der Waals surface area (Å²) in [5, 5.41) is 0. The van der Waals surface area contributed by atoms with Gasteiger partial charge in [0, 0.05) is 6.08 Å². The highest BCUT2D eigenvalue weighted by molar-refractivity contribution is 5.81. The summed E-state index contributed by atoms with van der Waals surface area (Å²) >= 11 is 0. The number of ether oxygens (including phenoxy) is 3. The SMILES string of the molecule is C=CC(=O)OCC(CC)(COC(=O)C1CC2C=CC1C2)COC(=O)C1CC2C=CC1C2. The van der Waals surface area contributed by atoms with E-state index in [-0.39, 0.29) is 55.4 Å². The molecule has 0 spiro atoms. The zero-order valence-corrected chi connectivity index (χ0v) is 18.2. The summed E-state index contributed by atoms with van der Waals surface area (Å²) in [6.07, 6.45) is 13.9. The summed E-state index contributed by atoms with van der Waals surface area (Å²) < 4.78 is 16.7. The van der Waals surface area contributed by atoms with Crippen molar-refractivity contribution in [2.24, 2.45) is 40.9 Å². The van der Waals surface area contributed by atoms with Gasteiger partial charge in [0.2, 0.25) is 0 Å². The molecule has 31 heavy (non-hydrogen) atoms. The normalized spacial score (nSPS) is 33.8. The molecule has 0 aliphatic heterocycles. The average molecular weight is 429 g/mol. The van der Waals surface area contributed by atoms with Crippen molar-refractivity contribution in [3.05, 3.63) is 37.0 Å². The number of allylic oxidation sites excluding steroid dienone is 4. The van der Waals surface area contributed by atoms with Gasteiger partial charge in [0.25, 0.3) is 0 Å². The van der Waals surface area contributed by atoms with Gasteiger partial charge in [-0.2, -0.15) is 0 Å². The summed E-state index contributed by atoms with van der Waals surface area (Å²) in [5.41, 5.74) is -0.773. The third-order valence-corrected chi connectivity index (χ3v) is 7.64. The lowest BCUT2D eigenvalue weighted by molar-refractivity contribution is -0.165. The topological polar surface area (TPSA) is 78.9 Å². The fourth-order valence-electron chi connectivity index (χ4n) is 5.48. The first kappa shape index (κ1) is 21.8. The van der Waals surface area contributed by atoms with Gasteiger partial charge in [-0.1, -0.05) is 37.8 Å². The number of esters is 3. The predicted molar refractivity (Wildman–Crippen MR) is 113 cm³/mol. The monoisotopic (exact) mass is 428 g/mol. The molecule has 6 unspecified atom stereocenters. The van der Waals surface area contributed by atoms with Crippen LogP contribution in [0.15, 0.2) is 37.0 Å². The van der Waals surface area contributed by atoms with Crippen LogP contribution in [0.4, 0.5) is 0 Å². The first-order chi connectivity index (χ1) is 14.9. The van der Waals surface area contributed by atoms with Gasteiger partial charge in [-0.25, -0.2) is 4.79 Å². The predicted octanol–water partition coefficient (Wildman–Crippen LogP) is 3.62. The summed E-state index contributed by atoms with van der Waals surface area (Å²) in [4.78, 5) is 37.1. The van der Waals surface area contributed by atoms with E-state index in [1.165, 1.54) is 0 Å². The molecule has 4 rings (SSSR count). The van der Waals surface area contributed by atoms with E-state index >= 15 is 0 Å². The molecule has 4 aliphatic rings.